The van der Waals surface area contributed by atoms with Gasteiger partial charge in [0.2, 0.25) is 5.82 Å². The molecule has 1 amide bonds. The number of rotatable bonds is 1. The second-order valence-corrected chi connectivity index (χ2v) is 5.06. The molecule has 0 bridgehead atoms. The molecule has 1 aromatic rings. The average Bonchev–Trinajstić information content (AvgIpc) is 2.36. The Morgan fingerprint density at radius 1 is 1.24 bits per heavy atom. The van der Waals surface area contributed by atoms with Gasteiger partial charge >= 0.3 is 12.3 Å². The fourth-order valence-electron chi connectivity index (χ4n) is 2.54. The van der Waals surface area contributed by atoms with Gasteiger partial charge in [-0.15, -0.1) is 0 Å². The molecule has 1 aliphatic heterocycles. The molecule has 1 N–H and O–H groups in total. The van der Waals surface area contributed by atoms with Crippen LogP contribution in [0.4, 0.5) is 23.7 Å². The van der Waals surface area contributed by atoms with Crippen LogP contribution >= 0.6 is 0 Å². The Morgan fingerprint density at radius 3 is 2.10 bits per heavy atom. The fraction of sp³-hybridized carbons (Fsp3) is 0.583. The van der Waals surface area contributed by atoms with E-state index in [2.05, 4.69) is 9.97 Å². The zero-order valence-corrected chi connectivity index (χ0v) is 11.5. The van der Waals surface area contributed by atoms with E-state index in [4.69, 9.17) is 5.11 Å². The van der Waals surface area contributed by atoms with Crippen molar-refractivity contribution in [1.82, 2.24) is 14.9 Å². The quantitative estimate of drug-likeness (QED) is 0.860. The Hall–Kier alpha value is -2.06. The van der Waals surface area contributed by atoms with E-state index in [0.717, 1.165) is 12.4 Å². The smallest absolute Gasteiger partial charge is 0.451 e. The maximum absolute atomic E-state index is 12.4. The van der Waals surface area contributed by atoms with E-state index in [1.807, 2.05) is 0 Å². The highest BCUT2D eigenvalue weighted by Crippen LogP contribution is 2.27. The molecule has 0 unspecified atom stereocenters. The Labute approximate surface area is 119 Å². The molecule has 116 valence electrons. The molecule has 2 heterocycles. The molecule has 1 saturated heterocycles. The van der Waals surface area contributed by atoms with E-state index in [1.54, 1.807) is 18.7 Å². The summed E-state index contributed by atoms with van der Waals surface area (Å²) in [5.74, 6) is -1.18. The predicted octanol–water partition coefficient (Wildman–Crippen LogP) is 2.07. The molecule has 1 fully saturated rings. The molecular formula is C12H15F3N4O2. The van der Waals surface area contributed by atoms with Crippen LogP contribution < -0.4 is 4.90 Å². The number of halogens is 3. The number of alkyl halides is 3. The van der Waals surface area contributed by atoms with Gasteiger partial charge in [0, 0.05) is 13.1 Å². The molecule has 0 aromatic carbocycles. The molecule has 2 atom stereocenters. The Morgan fingerprint density at radius 2 is 1.71 bits per heavy atom. The lowest BCUT2D eigenvalue weighted by Crippen LogP contribution is -2.58. The lowest BCUT2D eigenvalue weighted by Gasteiger charge is -2.43. The zero-order valence-electron chi connectivity index (χ0n) is 11.5. The minimum Gasteiger partial charge on any atom is -0.465 e. The SMILES string of the molecule is C[C@@H]1CN(c2cnc(C(F)(F)F)nc2)C[C@H](C)N1C(=O)O. The number of carbonyl (C=O) groups is 1. The summed E-state index contributed by atoms with van der Waals surface area (Å²) >= 11 is 0. The molecule has 0 aliphatic carbocycles. The molecule has 2 rings (SSSR count). The van der Waals surface area contributed by atoms with Crippen molar-refractivity contribution in [2.45, 2.75) is 32.1 Å². The van der Waals surface area contributed by atoms with E-state index >= 15 is 0 Å². The van der Waals surface area contributed by atoms with E-state index in [1.165, 1.54) is 4.90 Å². The van der Waals surface area contributed by atoms with Gasteiger partial charge in [0.05, 0.1) is 30.2 Å². The number of hydrogen-bond donors (Lipinski definition) is 1. The summed E-state index contributed by atoms with van der Waals surface area (Å²) in [5, 5.41) is 9.12. The number of aromatic nitrogens is 2. The van der Waals surface area contributed by atoms with E-state index in [0.29, 0.717) is 18.8 Å². The third-order valence-corrected chi connectivity index (χ3v) is 3.40. The van der Waals surface area contributed by atoms with Crippen molar-refractivity contribution >= 4 is 11.8 Å². The summed E-state index contributed by atoms with van der Waals surface area (Å²) < 4.78 is 37.2. The van der Waals surface area contributed by atoms with Crippen LogP contribution in [0.1, 0.15) is 19.7 Å². The number of piperazine rings is 1. The highest BCUT2D eigenvalue weighted by atomic mass is 19.4. The Kier molecular flexibility index (Phi) is 3.93. The van der Waals surface area contributed by atoms with Crippen molar-refractivity contribution in [1.29, 1.82) is 0 Å². The maximum atomic E-state index is 12.4. The minimum absolute atomic E-state index is 0.270. The van der Waals surface area contributed by atoms with Crippen LogP contribution in [0.3, 0.4) is 0 Å². The average molecular weight is 304 g/mol. The van der Waals surface area contributed by atoms with Gasteiger partial charge in [-0.3, -0.25) is 4.90 Å². The summed E-state index contributed by atoms with van der Waals surface area (Å²) in [4.78, 5) is 20.9. The van der Waals surface area contributed by atoms with Gasteiger partial charge in [0.15, 0.2) is 0 Å². The topological polar surface area (TPSA) is 69.6 Å². The molecule has 6 nitrogen and oxygen atoms in total. The molecule has 9 heteroatoms. The Balaban J connectivity index is 2.15. The molecule has 1 aliphatic rings. The van der Waals surface area contributed by atoms with Crippen LogP contribution in [0.5, 0.6) is 0 Å². The predicted molar refractivity (Wildman–Crippen MR) is 68.0 cm³/mol. The Bertz CT molecular complexity index is 508. The van der Waals surface area contributed by atoms with Gasteiger partial charge < -0.3 is 10.0 Å². The van der Waals surface area contributed by atoms with Crippen LogP contribution in [0, 0.1) is 0 Å². The van der Waals surface area contributed by atoms with E-state index in [-0.39, 0.29) is 12.1 Å². The van der Waals surface area contributed by atoms with Gasteiger partial charge in [0.25, 0.3) is 0 Å². The molecule has 0 spiro atoms. The van der Waals surface area contributed by atoms with Crippen LogP contribution in [0.2, 0.25) is 0 Å². The third-order valence-electron chi connectivity index (χ3n) is 3.40. The van der Waals surface area contributed by atoms with Crippen LogP contribution in [-0.2, 0) is 6.18 Å². The van der Waals surface area contributed by atoms with Crippen LogP contribution in [-0.4, -0.2) is 51.2 Å². The number of nitrogens with zero attached hydrogens (tertiary/aromatic N) is 4. The second kappa shape index (κ2) is 5.38. The normalized spacial score (nSPS) is 23.3. The van der Waals surface area contributed by atoms with Gasteiger partial charge in [0.1, 0.15) is 0 Å². The first kappa shape index (κ1) is 15.3. The molecule has 0 saturated carbocycles. The fourth-order valence-corrected chi connectivity index (χ4v) is 2.54. The molecule has 1 aromatic heterocycles. The summed E-state index contributed by atoms with van der Waals surface area (Å²) in [6, 6.07) is -0.540. The van der Waals surface area contributed by atoms with Gasteiger partial charge in [-0.1, -0.05) is 0 Å². The number of amides is 1. The van der Waals surface area contributed by atoms with Crippen LogP contribution in [0.15, 0.2) is 12.4 Å². The first-order chi connectivity index (χ1) is 9.70. The van der Waals surface area contributed by atoms with Crippen LogP contribution in [0.25, 0.3) is 0 Å². The lowest BCUT2D eigenvalue weighted by molar-refractivity contribution is -0.145. The maximum Gasteiger partial charge on any atom is 0.451 e. The summed E-state index contributed by atoms with van der Waals surface area (Å²) in [6.07, 6.45) is -3.34. The zero-order chi connectivity index (χ0) is 15.8. The van der Waals surface area contributed by atoms with Crippen molar-refractivity contribution in [3.8, 4) is 0 Å². The van der Waals surface area contributed by atoms with Crippen molar-refractivity contribution in [3.05, 3.63) is 18.2 Å². The molecule has 21 heavy (non-hydrogen) atoms. The molecule has 0 radical (unpaired) electrons. The van der Waals surface area contributed by atoms with Gasteiger partial charge in [-0.05, 0) is 13.8 Å². The third kappa shape index (κ3) is 3.17. The first-order valence-electron chi connectivity index (χ1n) is 6.35. The minimum atomic E-state index is -4.57. The summed E-state index contributed by atoms with van der Waals surface area (Å²) in [7, 11) is 0. The van der Waals surface area contributed by atoms with Gasteiger partial charge in [-0.2, -0.15) is 13.2 Å². The summed E-state index contributed by atoms with van der Waals surface area (Å²) in [5.41, 5.74) is 0.451. The standard InChI is InChI=1S/C12H15F3N4O2/c1-7-5-18(6-8(2)19(7)11(20)21)9-3-16-10(17-4-9)12(13,14)15/h3-4,7-8H,5-6H2,1-2H3,(H,20,21)/t7-,8+. The van der Waals surface area contributed by atoms with Crippen molar-refractivity contribution in [2.75, 3.05) is 18.0 Å². The van der Waals surface area contributed by atoms with Crippen molar-refractivity contribution in [3.63, 3.8) is 0 Å². The van der Waals surface area contributed by atoms with E-state index < -0.39 is 18.1 Å². The largest absolute Gasteiger partial charge is 0.465 e. The molecular weight excluding hydrogens is 289 g/mol. The highest BCUT2D eigenvalue weighted by molar-refractivity contribution is 5.66. The second-order valence-electron chi connectivity index (χ2n) is 5.06. The first-order valence-corrected chi connectivity index (χ1v) is 6.35. The summed E-state index contributed by atoms with van der Waals surface area (Å²) in [6.45, 7) is 4.26. The lowest BCUT2D eigenvalue weighted by atomic mass is 10.1. The highest BCUT2D eigenvalue weighted by Gasteiger charge is 2.36. The van der Waals surface area contributed by atoms with Crippen molar-refractivity contribution in [2.24, 2.45) is 0 Å². The number of hydrogen-bond acceptors (Lipinski definition) is 4. The van der Waals surface area contributed by atoms with Gasteiger partial charge in [-0.25, -0.2) is 14.8 Å². The van der Waals surface area contributed by atoms with Crippen molar-refractivity contribution < 1.29 is 23.1 Å². The monoisotopic (exact) mass is 304 g/mol. The van der Waals surface area contributed by atoms with E-state index in [9.17, 15) is 18.0 Å². The number of carboxylic acid groups (broad SMARTS) is 1. The number of anilines is 1.